The molecule has 86 valence electrons. The average molecular weight is 283 g/mol. The van der Waals surface area contributed by atoms with Gasteiger partial charge in [-0.25, -0.2) is 5.01 Å². The number of amides is 1. The number of carbonyl (C=O) groups excluding carboxylic acids is 1. The first-order valence-corrected chi connectivity index (χ1v) is 6.08. The van der Waals surface area contributed by atoms with E-state index in [2.05, 4.69) is 21.4 Å². The van der Waals surface area contributed by atoms with Crippen molar-refractivity contribution in [1.29, 1.82) is 0 Å². The van der Waals surface area contributed by atoms with Crippen molar-refractivity contribution in [1.82, 2.24) is 10.4 Å². The Kier molecular flexibility index (Phi) is 3.04. The Morgan fingerprint density at radius 3 is 2.62 bits per heavy atom. The van der Waals surface area contributed by atoms with E-state index in [1.54, 1.807) is 5.01 Å². The van der Waals surface area contributed by atoms with Gasteiger partial charge in [0.25, 0.3) is 0 Å². The topological polar surface area (TPSA) is 32.3 Å². The van der Waals surface area contributed by atoms with Gasteiger partial charge in [-0.1, -0.05) is 28.1 Å². The molecule has 0 spiro atoms. The lowest BCUT2D eigenvalue weighted by Gasteiger charge is -2.19. The molecule has 0 aromatic heterocycles. The molecule has 1 aromatic rings. The lowest BCUT2D eigenvalue weighted by Crippen LogP contribution is -2.42. The smallest absolute Gasteiger partial charge is 0.244 e. The predicted molar refractivity (Wildman–Crippen MR) is 66.9 cm³/mol. The lowest BCUT2D eigenvalue weighted by molar-refractivity contribution is -0.127. The summed E-state index contributed by atoms with van der Waals surface area (Å²) in [7, 11) is 3.66. The van der Waals surface area contributed by atoms with Crippen LogP contribution in [0.4, 0.5) is 0 Å². The number of hydrogen-bond donors (Lipinski definition) is 1. The summed E-state index contributed by atoms with van der Waals surface area (Å²) in [6.07, 6.45) is 1.87. The van der Waals surface area contributed by atoms with Gasteiger partial charge in [-0.15, -0.1) is 0 Å². The van der Waals surface area contributed by atoms with Gasteiger partial charge in [-0.3, -0.25) is 10.2 Å². The van der Waals surface area contributed by atoms with E-state index in [4.69, 9.17) is 0 Å². The van der Waals surface area contributed by atoms with Crippen LogP contribution in [0.1, 0.15) is 18.4 Å². The minimum Gasteiger partial charge on any atom is -0.289 e. The van der Waals surface area contributed by atoms with Gasteiger partial charge in [0.2, 0.25) is 5.91 Å². The molecular weight excluding hydrogens is 268 g/mol. The Hall–Kier alpha value is -0.870. The van der Waals surface area contributed by atoms with Crippen LogP contribution in [0.2, 0.25) is 0 Å². The molecular formula is C12H15BrN2O. The van der Waals surface area contributed by atoms with Crippen LogP contribution in [0.25, 0.3) is 0 Å². The Balaban J connectivity index is 2.23. The van der Waals surface area contributed by atoms with Crippen LogP contribution >= 0.6 is 15.9 Å². The van der Waals surface area contributed by atoms with E-state index in [1.165, 1.54) is 0 Å². The molecule has 1 aliphatic carbocycles. The van der Waals surface area contributed by atoms with Gasteiger partial charge in [-0.2, -0.15) is 0 Å². The van der Waals surface area contributed by atoms with Crippen molar-refractivity contribution in [3.8, 4) is 0 Å². The third-order valence-electron chi connectivity index (χ3n) is 2.89. The summed E-state index contributed by atoms with van der Waals surface area (Å²) in [6, 6.07) is 8.00. The van der Waals surface area contributed by atoms with E-state index in [1.807, 2.05) is 38.4 Å². The average Bonchev–Trinajstić information content (AvgIpc) is 2.97. The van der Waals surface area contributed by atoms with Crippen LogP contribution in [0.5, 0.6) is 0 Å². The van der Waals surface area contributed by atoms with E-state index in [9.17, 15) is 4.79 Å². The van der Waals surface area contributed by atoms with Crippen LogP contribution < -0.4 is 5.43 Å². The van der Waals surface area contributed by atoms with Crippen molar-refractivity contribution in [3.05, 3.63) is 34.3 Å². The van der Waals surface area contributed by atoms with Crippen molar-refractivity contribution in [2.75, 3.05) is 14.1 Å². The second-order valence-electron chi connectivity index (χ2n) is 4.43. The maximum Gasteiger partial charge on any atom is 0.244 e. The highest BCUT2D eigenvalue weighted by Gasteiger charge is 2.51. The van der Waals surface area contributed by atoms with Gasteiger partial charge in [0.05, 0.1) is 5.41 Å². The first-order valence-electron chi connectivity index (χ1n) is 5.29. The SMILES string of the molecule is CN(C)NC(=O)C1(c2cccc(Br)c2)CC1. The minimum atomic E-state index is -0.298. The van der Waals surface area contributed by atoms with Crippen molar-refractivity contribution < 1.29 is 4.79 Å². The van der Waals surface area contributed by atoms with Crippen molar-refractivity contribution in [3.63, 3.8) is 0 Å². The standard InChI is InChI=1S/C12H15BrN2O/c1-15(2)14-11(16)12(6-7-12)9-4-3-5-10(13)8-9/h3-5,8H,6-7H2,1-2H3,(H,14,16). The number of carbonyl (C=O) groups is 1. The van der Waals surface area contributed by atoms with Gasteiger partial charge >= 0.3 is 0 Å². The number of nitrogens with one attached hydrogen (secondary N) is 1. The summed E-state index contributed by atoms with van der Waals surface area (Å²) < 4.78 is 1.02. The maximum absolute atomic E-state index is 12.1. The summed E-state index contributed by atoms with van der Waals surface area (Å²) in [4.78, 5) is 12.1. The fourth-order valence-corrected chi connectivity index (χ4v) is 2.27. The molecule has 3 nitrogen and oxygen atoms in total. The number of hydrogen-bond acceptors (Lipinski definition) is 2. The highest BCUT2D eigenvalue weighted by Crippen LogP contribution is 2.48. The maximum atomic E-state index is 12.1. The van der Waals surface area contributed by atoms with E-state index in [-0.39, 0.29) is 11.3 Å². The molecule has 0 atom stereocenters. The molecule has 1 saturated carbocycles. The summed E-state index contributed by atoms with van der Waals surface area (Å²) in [5.74, 6) is 0.0931. The van der Waals surface area contributed by atoms with Gasteiger partial charge in [-0.05, 0) is 30.5 Å². The number of benzene rings is 1. The zero-order chi connectivity index (χ0) is 11.8. The monoisotopic (exact) mass is 282 g/mol. The molecule has 0 heterocycles. The first kappa shape index (κ1) is 11.6. The van der Waals surface area contributed by atoms with E-state index in [0.29, 0.717) is 0 Å². The molecule has 16 heavy (non-hydrogen) atoms. The number of nitrogens with zero attached hydrogens (tertiary/aromatic N) is 1. The van der Waals surface area contributed by atoms with E-state index in [0.717, 1.165) is 22.9 Å². The largest absolute Gasteiger partial charge is 0.289 e. The zero-order valence-electron chi connectivity index (χ0n) is 9.46. The molecule has 4 heteroatoms. The van der Waals surface area contributed by atoms with Gasteiger partial charge in [0, 0.05) is 18.6 Å². The first-order chi connectivity index (χ1) is 7.54. The third-order valence-corrected chi connectivity index (χ3v) is 3.38. The fraction of sp³-hybridized carbons (Fsp3) is 0.417. The highest BCUT2D eigenvalue weighted by molar-refractivity contribution is 9.10. The molecule has 2 rings (SSSR count). The number of rotatable bonds is 3. The van der Waals surface area contributed by atoms with Crippen LogP contribution in [0.3, 0.4) is 0 Å². The molecule has 0 radical (unpaired) electrons. The molecule has 0 unspecified atom stereocenters. The van der Waals surface area contributed by atoms with Crippen molar-refractivity contribution >= 4 is 21.8 Å². The summed E-state index contributed by atoms with van der Waals surface area (Å²) in [6.45, 7) is 0. The molecule has 1 aromatic carbocycles. The zero-order valence-corrected chi connectivity index (χ0v) is 11.0. The number of halogens is 1. The third kappa shape index (κ3) is 2.13. The van der Waals surface area contributed by atoms with Crippen molar-refractivity contribution in [2.45, 2.75) is 18.3 Å². The molecule has 0 aliphatic heterocycles. The van der Waals surface area contributed by atoms with E-state index < -0.39 is 0 Å². The van der Waals surface area contributed by atoms with Crippen LogP contribution in [0.15, 0.2) is 28.7 Å². The Morgan fingerprint density at radius 2 is 2.12 bits per heavy atom. The van der Waals surface area contributed by atoms with Crippen molar-refractivity contribution in [2.24, 2.45) is 0 Å². The second kappa shape index (κ2) is 4.18. The molecule has 1 aliphatic rings. The highest BCUT2D eigenvalue weighted by atomic mass is 79.9. The van der Waals surface area contributed by atoms with Crippen LogP contribution in [-0.4, -0.2) is 25.0 Å². The minimum absolute atomic E-state index is 0.0931. The van der Waals surface area contributed by atoms with Crippen LogP contribution in [-0.2, 0) is 10.2 Å². The Morgan fingerprint density at radius 1 is 1.44 bits per heavy atom. The quantitative estimate of drug-likeness (QED) is 0.861. The Bertz CT molecular complexity index is 413. The Labute approximate surface area is 104 Å². The summed E-state index contributed by atoms with van der Waals surface area (Å²) in [5, 5.41) is 1.69. The molecule has 0 bridgehead atoms. The molecule has 1 amide bonds. The normalized spacial score (nSPS) is 17.2. The second-order valence-corrected chi connectivity index (χ2v) is 5.34. The lowest BCUT2D eigenvalue weighted by atomic mass is 9.95. The molecule has 1 fully saturated rings. The van der Waals surface area contributed by atoms with E-state index >= 15 is 0 Å². The summed E-state index contributed by atoms with van der Waals surface area (Å²) >= 11 is 3.44. The predicted octanol–water partition coefficient (Wildman–Crippen LogP) is 2.07. The van der Waals surface area contributed by atoms with Crippen LogP contribution in [0, 0.1) is 0 Å². The van der Waals surface area contributed by atoms with Gasteiger partial charge in [0.15, 0.2) is 0 Å². The van der Waals surface area contributed by atoms with Gasteiger partial charge < -0.3 is 0 Å². The molecule has 1 N–H and O–H groups in total. The fourth-order valence-electron chi connectivity index (χ4n) is 1.87. The van der Waals surface area contributed by atoms with Gasteiger partial charge in [0.1, 0.15) is 0 Å². The molecule has 0 saturated heterocycles. The number of hydrazine groups is 1. The summed E-state index contributed by atoms with van der Waals surface area (Å²) in [5.41, 5.74) is 3.64.